The summed E-state index contributed by atoms with van der Waals surface area (Å²) < 4.78 is 12.5. The van der Waals surface area contributed by atoms with E-state index in [-0.39, 0.29) is 5.91 Å². The molecule has 0 radical (unpaired) electrons. The molecule has 2 heterocycles. The van der Waals surface area contributed by atoms with Gasteiger partial charge in [0.1, 0.15) is 5.75 Å². The minimum Gasteiger partial charge on any atom is -0.497 e. The average Bonchev–Trinajstić information content (AvgIpc) is 3.28. The topological polar surface area (TPSA) is 60.8 Å². The second-order valence-corrected chi connectivity index (χ2v) is 9.18. The Hall–Kier alpha value is -3.54. The molecule has 0 unspecified atom stereocenters. The Morgan fingerprint density at radius 1 is 1.09 bits per heavy atom. The molecule has 35 heavy (non-hydrogen) atoms. The standard InChI is InChI=1S/C29H34N2O4/c1-19-17-23(20(2)31(19)24-11-13-25(34-4)14-12-24)18-26-27(29(33)35-5)21(3)30(28(26)32)16-15-22-9-7-6-8-10-22/h9,11-14,17-18H,6-8,10,15-16H2,1-5H3/b26-18-. The van der Waals surface area contributed by atoms with Gasteiger partial charge in [0, 0.05) is 29.3 Å². The van der Waals surface area contributed by atoms with Gasteiger partial charge >= 0.3 is 5.97 Å². The van der Waals surface area contributed by atoms with Crippen molar-refractivity contribution in [2.75, 3.05) is 20.8 Å². The van der Waals surface area contributed by atoms with Crippen LogP contribution in [0.5, 0.6) is 5.75 Å². The van der Waals surface area contributed by atoms with Crippen LogP contribution in [0.3, 0.4) is 0 Å². The second kappa shape index (κ2) is 10.4. The van der Waals surface area contributed by atoms with E-state index >= 15 is 0 Å². The summed E-state index contributed by atoms with van der Waals surface area (Å²) in [5.41, 5.74) is 6.72. The first kappa shape index (κ1) is 24.6. The molecule has 0 fully saturated rings. The van der Waals surface area contributed by atoms with Gasteiger partial charge < -0.3 is 18.9 Å². The number of rotatable bonds is 7. The molecule has 1 aliphatic heterocycles. The van der Waals surface area contributed by atoms with E-state index in [4.69, 9.17) is 9.47 Å². The van der Waals surface area contributed by atoms with Crippen LogP contribution < -0.4 is 4.74 Å². The van der Waals surface area contributed by atoms with Gasteiger partial charge in [-0.2, -0.15) is 0 Å². The fourth-order valence-electron chi connectivity index (χ4n) is 5.10. The summed E-state index contributed by atoms with van der Waals surface area (Å²) in [5, 5.41) is 0. The van der Waals surface area contributed by atoms with Gasteiger partial charge in [-0.3, -0.25) is 4.79 Å². The molecule has 0 spiro atoms. The zero-order valence-corrected chi connectivity index (χ0v) is 21.3. The van der Waals surface area contributed by atoms with Gasteiger partial charge in [0.15, 0.2) is 0 Å². The third-order valence-corrected chi connectivity index (χ3v) is 7.04. The summed E-state index contributed by atoms with van der Waals surface area (Å²) in [5.74, 6) is 0.168. The van der Waals surface area contributed by atoms with Crippen LogP contribution in [0.15, 0.2) is 58.8 Å². The van der Waals surface area contributed by atoms with Gasteiger partial charge in [-0.1, -0.05) is 11.6 Å². The normalized spacial score (nSPS) is 17.3. The Kier molecular flexibility index (Phi) is 7.29. The van der Waals surface area contributed by atoms with Gasteiger partial charge in [0.2, 0.25) is 0 Å². The molecule has 0 saturated carbocycles. The first-order valence-corrected chi connectivity index (χ1v) is 12.2. The van der Waals surface area contributed by atoms with Crippen LogP contribution in [0.4, 0.5) is 0 Å². The number of esters is 1. The Labute approximate surface area is 207 Å². The van der Waals surface area contributed by atoms with Crippen LogP contribution >= 0.6 is 0 Å². The fraction of sp³-hybridized carbons (Fsp3) is 0.379. The molecule has 184 valence electrons. The highest BCUT2D eigenvalue weighted by Crippen LogP contribution is 2.34. The molecule has 2 aliphatic rings. The monoisotopic (exact) mass is 474 g/mol. The lowest BCUT2D eigenvalue weighted by Gasteiger charge is -2.20. The third-order valence-electron chi connectivity index (χ3n) is 7.04. The number of amides is 1. The highest BCUT2D eigenvalue weighted by Gasteiger charge is 2.37. The maximum Gasteiger partial charge on any atom is 0.340 e. The summed E-state index contributed by atoms with van der Waals surface area (Å²) in [6, 6.07) is 9.89. The number of aromatic nitrogens is 1. The molecule has 0 N–H and O–H groups in total. The molecule has 0 bridgehead atoms. The van der Waals surface area contributed by atoms with E-state index in [0.717, 1.165) is 47.7 Å². The lowest BCUT2D eigenvalue weighted by Crippen LogP contribution is -2.26. The Bertz CT molecular complexity index is 1230. The molecule has 0 saturated heterocycles. The molecule has 1 aliphatic carbocycles. The van der Waals surface area contributed by atoms with Crippen LogP contribution in [0.1, 0.15) is 56.0 Å². The summed E-state index contributed by atoms with van der Waals surface area (Å²) >= 11 is 0. The maximum atomic E-state index is 13.5. The fourth-order valence-corrected chi connectivity index (χ4v) is 5.10. The third kappa shape index (κ3) is 4.83. The van der Waals surface area contributed by atoms with E-state index in [2.05, 4.69) is 10.6 Å². The molecule has 0 atom stereocenters. The van der Waals surface area contributed by atoms with E-state index in [9.17, 15) is 9.59 Å². The molecule has 1 aromatic heterocycles. The predicted octanol–water partition coefficient (Wildman–Crippen LogP) is 5.67. The highest BCUT2D eigenvalue weighted by atomic mass is 16.5. The number of hydrogen-bond donors (Lipinski definition) is 0. The number of benzene rings is 1. The van der Waals surface area contributed by atoms with E-state index < -0.39 is 5.97 Å². The van der Waals surface area contributed by atoms with Crippen molar-refractivity contribution in [2.45, 2.75) is 52.9 Å². The van der Waals surface area contributed by atoms with Crippen molar-refractivity contribution in [3.8, 4) is 11.4 Å². The molecule has 6 heteroatoms. The van der Waals surface area contributed by atoms with Crippen molar-refractivity contribution in [3.05, 3.63) is 75.8 Å². The lowest BCUT2D eigenvalue weighted by molar-refractivity contribution is -0.136. The number of carbonyl (C=O) groups is 2. The Balaban J connectivity index is 1.68. The molecule has 2 aromatic rings. The minimum absolute atomic E-state index is 0.145. The summed E-state index contributed by atoms with van der Waals surface area (Å²) in [6.07, 6.45) is 9.61. The van der Waals surface area contributed by atoms with Crippen molar-refractivity contribution in [1.82, 2.24) is 9.47 Å². The number of ether oxygens (including phenoxy) is 2. The largest absolute Gasteiger partial charge is 0.497 e. The second-order valence-electron chi connectivity index (χ2n) is 9.18. The first-order valence-electron chi connectivity index (χ1n) is 12.2. The van der Waals surface area contributed by atoms with Gasteiger partial charge in [0.25, 0.3) is 5.91 Å². The SMILES string of the molecule is COC(=O)C1=C(C)N(CCC2=CCCCC2)C(=O)/C1=C\c1cc(C)n(-c2ccc(OC)cc2)c1C. The number of allylic oxidation sites excluding steroid dienone is 2. The smallest absolute Gasteiger partial charge is 0.340 e. The molecular weight excluding hydrogens is 440 g/mol. The number of hydrogen-bond acceptors (Lipinski definition) is 4. The van der Waals surface area contributed by atoms with Crippen molar-refractivity contribution in [3.63, 3.8) is 0 Å². The predicted molar refractivity (Wildman–Crippen MR) is 137 cm³/mol. The van der Waals surface area contributed by atoms with Crippen molar-refractivity contribution in [2.24, 2.45) is 0 Å². The van der Waals surface area contributed by atoms with Crippen LogP contribution in [0.25, 0.3) is 11.8 Å². The van der Waals surface area contributed by atoms with Gasteiger partial charge in [-0.15, -0.1) is 0 Å². The van der Waals surface area contributed by atoms with E-state index in [1.54, 1.807) is 12.0 Å². The van der Waals surface area contributed by atoms with Crippen molar-refractivity contribution >= 4 is 18.0 Å². The van der Waals surface area contributed by atoms with Crippen LogP contribution in [-0.2, 0) is 14.3 Å². The van der Waals surface area contributed by atoms with Gasteiger partial charge in [-0.05, 0) is 94.8 Å². The van der Waals surface area contributed by atoms with Crippen molar-refractivity contribution < 1.29 is 19.1 Å². The number of methoxy groups -OCH3 is 2. The molecule has 1 amide bonds. The molecular formula is C29H34N2O4. The van der Waals surface area contributed by atoms with Crippen LogP contribution in [-0.4, -0.2) is 42.1 Å². The quantitative estimate of drug-likeness (QED) is 0.295. The van der Waals surface area contributed by atoms with Gasteiger partial charge in [-0.25, -0.2) is 4.79 Å². The number of carbonyl (C=O) groups excluding carboxylic acids is 2. The lowest BCUT2D eigenvalue weighted by atomic mass is 9.97. The van der Waals surface area contributed by atoms with E-state index in [0.29, 0.717) is 23.4 Å². The number of nitrogens with zero attached hydrogens (tertiary/aromatic N) is 2. The summed E-state index contributed by atoms with van der Waals surface area (Å²) in [4.78, 5) is 28.0. The zero-order chi connectivity index (χ0) is 25.1. The zero-order valence-electron chi connectivity index (χ0n) is 21.3. The van der Waals surface area contributed by atoms with Crippen LogP contribution in [0.2, 0.25) is 0 Å². The Morgan fingerprint density at radius 3 is 2.46 bits per heavy atom. The molecule has 6 nitrogen and oxygen atoms in total. The summed E-state index contributed by atoms with van der Waals surface area (Å²) in [6.45, 7) is 6.45. The molecule has 1 aromatic carbocycles. The minimum atomic E-state index is -0.481. The Morgan fingerprint density at radius 2 is 1.83 bits per heavy atom. The van der Waals surface area contributed by atoms with E-state index in [1.165, 1.54) is 25.5 Å². The number of aryl methyl sites for hydroxylation is 1. The highest BCUT2D eigenvalue weighted by molar-refractivity contribution is 6.16. The van der Waals surface area contributed by atoms with Crippen molar-refractivity contribution in [1.29, 1.82) is 0 Å². The maximum absolute atomic E-state index is 13.5. The molecule has 4 rings (SSSR count). The summed E-state index contributed by atoms with van der Waals surface area (Å²) in [7, 11) is 3.00. The first-order chi connectivity index (χ1) is 16.8. The van der Waals surface area contributed by atoms with Crippen LogP contribution in [0, 0.1) is 13.8 Å². The van der Waals surface area contributed by atoms with Gasteiger partial charge in [0.05, 0.1) is 25.4 Å². The van der Waals surface area contributed by atoms with E-state index in [1.807, 2.05) is 57.2 Å². The average molecular weight is 475 g/mol.